The van der Waals surface area contributed by atoms with E-state index in [2.05, 4.69) is 31.2 Å². The molecule has 3 aromatic rings. The van der Waals surface area contributed by atoms with Crippen LogP contribution in [0.15, 0.2) is 63.1 Å². The zero-order valence-corrected chi connectivity index (χ0v) is 19.6. The number of rotatable bonds is 7. The molecule has 0 aliphatic heterocycles. The quantitative estimate of drug-likeness (QED) is 0.275. The highest BCUT2D eigenvalue weighted by Crippen LogP contribution is 2.31. The number of carbonyl (C=O) groups excluding carboxylic acids is 1. The Bertz CT molecular complexity index is 1230. The Morgan fingerprint density at radius 3 is 2.45 bits per heavy atom. The molecule has 2 aromatic carbocycles. The fourth-order valence-corrected chi connectivity index (χ4v) is 4.83. The summed E-state index contributed by atoms with van der Waals surface area (Å²) in [5.41, 5.74) is 3.38. The van der Waals surface area contributed by atoms with E-state index in [1.54, 1.807) is 24.3 Å². The monoisotopic (exact) mass is 518 g/mol. The fourth-order valence-electron chi connectivity index (χ4n) is 3.29. The predicted molar refractivity (Wildman–Crippen MR) is 124 cm³/mol. The molecule has 0 saturated heterocycles. The zero-order valence-electron chi connectivity index (χ0n) is 16.3. The highest BCUT2D eigenvalue weighted by atomic mass is 79.9. The highest BCUT2D eigenvalue weighted by Gasteiger charge is 2.20. The van der Waals surface area contributed by atoms with Gasteiger partial charge in [0.2, 0.25) is 10.0 Å². The number of anilines is 2. The van der Waals surface area contributed by atoms with E-state index >= 15 is 0 Å². The van der Waals surface area contributed by atoms with Gasteiger partial charge in [0.05, 0.1) is 16.3 Å². The molecule has 0 fully saturated rings. The van der Waals surface area contributed by atoms with Gasteiger partial charge in [0.1, 0.15) is 5.82 Å². The third-order valence-corrected chi connectivity index (χ3v) is 7.16. The summed E-state index contributed by atoms with van der Waals surface area (Å²) in [7, 11) is -3.74. The van der Waals surface area contributed by atoms with Crippen molar-refractivity contribution in [2.75, 3.05) is 11.1 Å². The third-order valence-electron chi connectivity index (χ3n) is 4.86. The van der Waals surface area contributed by atoms with E-state index < -0.39 is 10.0 Å². The van der Waals surface area contributed by atoms with Gasteiger partial charge < -0.3 is 5.32 Å². The van der Waals surface area contributed by atoms with E-state index in [1.165, 1.54) is 23.9 Å². The molecule has 1 heterocycles. The van der Waals surface area contributed by atoms with Crippen molar-refractivity contribution < 1.29 is 13.2 Å². The van der Waals surface area contributed by atoms with Gasteiger partial charge in [0, 0.05) is 21.3 Å². The molecule has 0 unspecified atom stereocenters. The van der Waals surface area contributed by atoms with Crippen molar-refractivity contribution in [2.24, 2.45) is 5.14 Å². The second-order valence-corrected chi connectivity index (χ2v) is 10.5. The molecule has 10 heteroatoms. The number of nitrogens with two attached hydrogens (primary N) is 1. The van der Waals surface area contributed by atoms with Crippen LogP contribution >= 0.6 is 27.7 Å². The van der Waals surface area contributed by atoms with Crippen LogP contribution in [0.25, 0.3) is 0 Å². The Balaban J connectivity index is 1.52. The molecule has 0 radical (unpaired) electrons. The van der Waals surface area contributed by atoms with Gasteiger partial charge in [0.15, 0.2) is 10.9 Å². The molecule has 1 aliphatic rings. The number of sulfonamides is 1. The Hall–Kier alpha value is -2.27. The number of nitrogens with one attached hydrogen (secondary N) is 1. The summed E-state index contributed by atoms with van der Waals surface area (Å²) in [5.74, 6) is 0.933. The lowest BCUT2D eigenvalue weighted by atomic mass is 10.2. The van der Waals surface area contributed by atoms with Crippen LogP contribution in [0.5, 0.6) is 0 Å². The highest BCUT2D eigenvalue weighted by molar-refractivity contribution is 9.10. The lowest BCUT2D eigenvalue weighted by molar-refractivity contribution is 0.102. The Kier molecular flexibility index (Phi) is 6.42. The molecule has 0 amide bonds. The molecule has 0 atom stereocenters. The van der Waals surface area contributed by atoms with E-state index in [9.17, 15) is 13.2 Å². The van der Waals surface area contributed by atoms with Crippen LogP contribution in [-0.2, 0) is 22.9 Å². The van der Waals surface area contributed by atoms with Crippen molar-refractivity contribution in [3.05, 3.63) is 69.8 Å². The third kappa shape index (κ3) is 5.32. The molecular weight excluding hydrogens is 500 g/mol. The van der Waals surface area contributed by atoms with Gasteiger partial charge in [-0.1, -0.05) is 39.8 Å². The summed E-state index contributed by atoms with van der Waals surface area (Å²) in [6, 6.07) is 13.4. The molecule has 0 spiro atoms. The summed E-state index contributed by atoms with van der Waals surface area (Å²) >= 11 is 4.67. The number of carbonyl (C=O) groups is 1. The van der Waals surface area contributed by atoms with Crippen molar-refractivity contribution in [1.29, 1.82) is 0 Å². The summed E-state index contributed by atoms with van der Waals surface area (Å²) in [5, 5.41) is 8.95. The normalized spacial score (nSPS) is 13.1. The first-order valence-corrected chi connectivity index (χ1v) is 12.8. The standard InChI is InChI=1S/C21H19BrN4O3S2/c22-14-6-4-13(5-7-14)19(27)12-30-21-25-18-3-1-2-17(18)20(26-21)24-15-8-10-16(11-9-15)31(23,28)29/h4-11H,1-3,12H2,(H2,23,28,29)(H,24,25,26). The van der Waals surface area contributed by atoms with Crippen LogP contribution in [-0.4, -0.2) is 29.9 Å². The summed E-state index contributed by atoms with van der Waals surface area (Å²) in [6.07, 6.45) is 2.73. The number of hydrogen-bond donors (Lipinski definition) is 2. The minimum absolute atomic E-state index is 0.00897. The predicted octanol–water partition coefficient (Wildman–Crippen LogP) is 4.09. The van der Waals surface area contributed by atoms with Gasteiger partial charge in [-0.15, -0.1) is 0 Å². The number of Topliss-reactive ketones (excluding diaryl/α,β-unsaturated/α-hetero) is 1. The molecule has 1 aliphatic carbocycles. The van der Waals surface area contributed by atoms with Gasteiger partial charge in [-0.3, -0.25) is 4.79 Å². The number of ketones is 1. The number of primary sulfonamides is 1. The first-order chi connectivity index (χ1) is 14.8. The SMILES string of the molecule is NS(=O)(=O)c1ccc(Nc2nc(SCC(=O)c3ccc(Br)cc3)nc3c2CCC3)cc1. The van der Waals surface area contributed by atoms with E-state index in [4.69, 9.17) is 5.14 Å². The Labute approximate surface area is 193 Å². The summed E-state index contributed by atoms with van der Waals surface area (Å²) in [4.78, 5) is 21.8. The van der Waals surface area contributed by atoms with Crippen LogP contribution in [0.1, 0.15) is 28.0 Å². The molecular formula is C21H19BrN4O3S2. The maximum atomic E-state index is 12.5. The van der Waals surface area contributed by atoms with Crippen LogP contribution in [0, 0.1) is 0 Å². The Morgan fingerprint density at radius 2 is 1.77 bits per heavy atom. The average Bonchev–Trinajstić information content (AvgIpc) is 3.21. The number of nitrogens with zero attached hydrogens (tertiary/aromatic N) is 2. The minimum atomic E-state index is -3.74. The van der Waals surface area contributed by atoms with E-state index in [-0.39, 0.29) is 16.4 Å². The van der Waals surface area contributed by atoms with Crippen molar-refractivity contribution >= 4 is 55.0 Å². The van der Waals surface area contributed by atoms with Crippen molar-refractivity contribution in [3.63, 3.8) is 0 Å². The average molecular weight is 519 g/mol. The largest absolute Gasteiger partial charge is 0.340 e. The van der Waals surface area contributed by atoms with Gasteiger partial charge in [-0.25, -0.2) is 23.5 Å². The number of thioether (sulfide) groups is 1. The molecule has 7 nitrogen and oxygen atoms in total. The first-order valence-electron chi connectivity index (χ1n) is 9.51. The van der Waals surface area contributed by atoms with Crippen molar-refractivity contribution in [3.8, 4) is 0 Å². The summed E-state index contributed by atoms with van der Waals surface area (Å²) < 4.78 is 23.8. The van der Waals surface area contributed by atoms with E-state index in [0.717, 1.165) is 35.0 Å². The second-order valence-electron chi connectivity index (χ2n) is 7.05. The van der Waals surface area contributed by atoms with Gasteiger partial charge in [-0.05, 0) is 55.7 Å². The van der Waals surface area contributed by atoms with Crippen molar-refractivity contribution in [2.45, 2.75) is 29.3 Å². The van der Waals surface area contributed by atoms with Gasteiger partial charge >= 0.3 is 0 Å². The number of aromatic nitrogens is 2. The van der Waals surface area contributed by atoms with Crippen LogP contribution in [0.2, 0.25) is 0 Å². The molecule has 0 saturated carbocycles. The molecule has 1 aromatic heterocycles. The molecule has 3 N–H and O–H groups in total. The number of halogens is 1. The van der Waals surface area contributed by atoms with E-state index in [0.29, 0.717) is 22.2 Å². The minimum Gasteiger partial charge on any atom is -0.340 e. The van der Waals surface area contributed by atoms with Crippen LogP contribution < -0.4 is 10.5 Å². The topological polar surface area (TPSA) is 115 Å². The van der Waals surface area contributed by atoms with Gasteiger partial charge in [0.25, 0.3) is 0 Å². The first kappa shape index (κ1) is 21.9. The fraction of sp³-hybridized carbons (Fsp3) is 0.190. The van der Waals surface area contributed by atoms with Crippen molar-refractivity contribution in [1.82, 2.24) is 9.97 Å². The number of aryl methyl sites for hydroxylation is 1. The summed E-state index contributed by atoms with van der Waals surface area (Å²) in [6.45, 7) is 0. The molecule has 4 rings (SSSR count). The number of fused-ring (bicyclic) bond motifs is 1. The maximum Gasteiger partial charge on any atom is 0.238 e. The zero-order chi connectivity index (χ0) is 22.0. The second kappa shape index (κ2) is 9.07. The van der Waals surface area contributed by atoms with Gasteiger partial charge in [-0.2, -0.15) is 0 Å². The lowest BCUT2D eigenvalue weighted by Gasteiger charge is -2.12. The van der Waals surface area contributed by atoms with E-state index in [1.807, 2.05) is 12.1 Å². The lowest BCUT2D eigenvalue weighted by Crippen LogP contribution is -2.12. The van der Waals surface area contributed by atoms with Crippen LogP contribution in [0.3, 0.4) is 0 Å². The number of hydrogen-bond acceptors (Lipinski definition) is 7. The molecule has 0 bridgehead atoms. The number of benzene rings is 2. The smallest absolute Gasteiger partial charge is 0.238 e. The molecule has 160 valence electrons. The van der Waals surface area contributed by atoms with Crippen LogP contribution in [0.4, 0.5) is 11.5 Å². The molecule has 31 heavy (non-hydrogen) atoms. The Morgan fingerprint density at radius 1 is 1.06 bits per heavy atom. The maximum absolute atomic E-state index is 12.5.